The Kier molecular flexibility index (Phi) is 5.01. The largest absolute Gasteiger partial charge is 0.298 e. The number of hydrogen-bond acceptors (Lipinski definition) is 5. The van der Waals surface area contributed by atoms with E-state index >= 15 is 0 Å². The van der Waals surface area contributed by atoms with E-state index in [1.54, 1.807) is 0 Å². The SMILES string of the molecule is Cc1ccc(-c2csc(NC(=O)c3ccc(Cl)cc3[N+](=O)[O-])n2)c(C)c1. The highest BCUT2D eigenvalue weighted by atomic mass is 35.5. The van der Waals surface area contributed by atoms with E-state index < -0.39 is 10.8 Å². The van der Waals surface area contributed by atoms with Gasteiger partial charge in [-0.2, -0.15) is 0 Å². The highest BCUT2D eigenvalue weighted by Crippen LogP contribution is 2.29. The zero-order valence-electron chi connectivity index (χ0n) is 13.9. The van der Waals surface area contributed by atoms with Gasteiger partial charge in [-0.3, -0.25) is 20.2 Å². The van der Waals surface area contributed by atoms with Gasteiger partial charge in [-0.1, -0.05) is 35.4 Å². The molecule has 0 bridgehead atoms. The second-order valence-electron chi connectivity index (χ2n) is 5.73. The summed E-state index contributed by atoms with van der Waals surface area (Å²) in [4.78, 5) is 27.3. The quantitative estimate of drug-likeness (QED) is 0.490. The number of nitrogens with zero attached hydrogens (tertiary/aromatic N) is 2. The summed E-state index contributed by atoms with van der Waals surface area (Å²) in [5, 5.41) is 16.2. The Morgan fingerprint density at radius 2 is 2.00 bits per heavy atom. The van der Waals surface area contributed by atoms with Crippen LogP contribution in [0, 0.1) is 24.0 Å². The van der Waals surface area contributed by atoms with Gasteiger partial charge in [0.05, 0.1) is 10.6 Å². The number of hydrogen-bond donors (Lipinski definition) is 1. The number of aromatic nitrogens is 1. The summed E-state index contributed by atoms with van der Waals surface area (Å²) < 4.78 is 0. The zero-order valence-corrected chi connectivity index (χ0v) is 15.5. The third-order valence-corrected chi connectivity index (χ3v) is 4.78. The Morgan fingerprint density at radius 3 is 2.69 bits per heavy atom. The third-order valence-electron chi connectivity index (χ3n) is 3.78. The molecule has 0 unspecified atom stereocenters. The molecule has 6 nitrogen and oxygen atoms in total. The summed E-state index contributed by atoms with van der Waals surface area (Å²) in [5.41, 5.74) is 3.55. The molecule has 0 atom stereocenters. The zero-order chi connectivity index (χ0) is 18.8. The fourth-order valence-corrected chi connectivity index (χ4v) is 3.44. The van der Waals surface area contributed by atoms with E-state index in [1.165, 1.54) is 23.5 Å². The molecule has 3 rings (SSSR count). The Balaban J connectivity index is 1.86. The molecule has 2 aromatic carbocycles. The second-order valence-corrected chi connectivity index (χ2v) is 7.02. The third kappa shape index (κ3) is 3.74. The second kappa shape index (κ2) is 7.23. The van der Waals surface area contributed by atoms with E-state index in [4.69, 9.17) is 11.6 Å². The lowest BCUT2D eigenvalue weighted by Crippen LogP contribution is -2.13. The molecule has 0 saturated heterocycles. The monoisotopic (exact) mass is 387 g/mol. The van der Waals surface area contributed by atoms with Gasteiger partial charge in [-0.25, -0.2) is 4.98 Å². The summed E-state index contributed by atoms with van der Waals surface area (Å²) in [6.45, 7) is 4.01. The van der Waals surface area contributed by atoms with Gasteiger partial charge in [-0.05, 0) is 31.5 Å². The van der Waals surface area contributed by atoms with Gasteiger partial charge in [0.1, 0.15) is 5.56 Å². The number of carbonyl (C=O) groups excluding carboxylic acids is 1. The summed E-state index contributed by atoms with van der Waals surface area (Å²) in [6, 6.07) is 9.95. The van der Waals surface area contributed by atoms with Crippen molar-refractivity contribution < 1.29 is 9.72 Å². The highest BCUT2D eigenvalue weighted by molar-refractivity contribution is 7.14. The molecule has 0 fully saturated rings. The van der Waals surface area contributed by atoms with Gasteiger partial charge in [-0.15, -0.1) is 11.3 Å². The molecule has 1 heterocycles. The van der Waals surface area contributed by atoms with Crippen molar-refractivity contribution in [3.05, 3.63) is 73.6 Å². The maximum absolute atomic E-state index is 12.4. The first-order valence-electron chi connectivity index (χ1n) is 7.63. The number of carbonyl (C=O) groups is 1. The fourth-order valence-electron chi connectivity index (χ4n) is 2.57. The maximum Gasteiger partial charge on any atom is 0.283 e. The standard InChI is InChI=1S/C18H14ClN3O3S/c1-10-3-5-13(11(2)7-10)15-9-26-18(20-15)21-17(23)14-6-4-12(19)8-16(14)22(24)25/h3-9H,1-2H3,(H,20,21,23). The molecule has 1 aromatic heterocycles. The summed E-state index contributed by atoms with van der Waals surface area (Å²) >= 11 is 7.04. The molecule has 0 aliphatic heterocycles. The number of benzene rings is 2. The summed E-state index contributed by atoms with van der Waals surface area (Å²) in [5.74, 6) is -0.602. The van der Waals surface area contributed by atoms with Crippen LogP contribution < -0.4 is 5.32 Å². The van der Waals surface area contributed by atoms with Crippen LogP contribution in [0.2, 0.25) is 5.02 Å². The lowest BCUT2D eigenvalue weighted by molar-refractivity contribution is -0.385. The summed E-state index contributed by atoms with van der Waals surface area (Å²) in [6.07, 6.45) is 0. The number of rotatable bonds is 4. The van der Waals surface area contributed by atoms with Gasteiger partial charge < -0.3 is 0 Å². The normalized spacial score (nSPS) is 10.6. The van der Waals surface area contributed by atoms with Crippen LogP contribution in [-0.2, 0) is 0 Å². The number of nitro groups is 1. The molecule has 0 saturated carbocycles. The molecule has 26 heavy (non-hydrogen) atoms. The molecule has 0 aliphatic carbocycles. The van der Waals surface area contributed by atoms with E-state index in [0.29, 0.717) is 5.13 Å². The van der Waals surface area contributed by atoms with Crippen LogP contribution in [0.5, 0.6) is 0 Å². The van der Waals surface area contributed by atoms with Crippen molar-refractivity contribution in [2.75, 3.05) is 5.32 Å². The lowest BCUT2D eigenvalue weighted by atomic mass is 10.0. The van der Waals surface area contributed by atoms with Gasteiger partial charge in [0.2, 0.25) is 0 Å². The van der Waals surface area contributed by atoms with Crippen molar-refractivity contribution >= 4 is 39.7 Å². The van der Waals surface area contributed by atoms with Crippen molar-refractivity contribution in [3.63, 3.8) is 0 Å². The Morgan fingerprint density at radius 1 is 1.23 bits per heavy atom. The van der Waals surface area contributed by atoms with E-state index in [1.807, 2.05) is 31.4 Å². The minimum atomic E-state index is -0.635. The predicted molar refractivity (Wildman–Crippen MR) is 103 cm³/mol. The number of nitrogens with one attached hydrogen (secondary N) is 1. The van der Waals surface area contributed by atoms with Crippen molar-refractivity contribution in [2.24, 2.45) is 0 Å². The lowest BCUT2D eigenvalue weighted by Gasteiger charge is -2.04. The maximum atomic E-state index is 12.4. The molecule has 3 aromatic rings. The number of aryl methyl sites for hydroxylation is 2. The molecule has 132 valence electrons. The molecular weight excluding hydrogens is 374 g/mol. The van der Waals surface area contributed by atoms with Gasteiger partial charge >= 0.3 is 0 Å². The van der Waals surface area contributed by atoms with Crippen LogP contribution in [0.25, 0.3) is 11.3 Å². The van der Waals surface area contributed by atoms with Gasteiger partial charge in [0.25, 0.3) is 11.6 Å². The van der Waals surface area contributed by atoms with Crippen LogP contribution in [0.15, 0.2) is 41.8 Å². The van der Waals surface area contributed by atoms with Crippen LogP contribution in [0.4, 0.5) is 10.8 Å². The van der Waals surface area contributed by atoms with Gasteiger partial charge in [0.15, 0.2) is 5.13 Å². The average Bonchev–Trinajstić information content (AvgIpc) is 3.02. The van der Waals surface area contributed by atoms with Gasteiger partial charge in [0, 0.05) is 22.0 Å². The van der Waals surface area contributed by atoms with Crippen molar-refractivity contribution in [2.45, 2.75) is 13.8 Å². The summed E-state index contributed by atoms with van der Waals surface area (Å²) in [7, 11) is 0. The van der Waals surface area contributed by atoms with E-state index in [0.717, 1.165) is 28.5 Å². The van der Waals surface area contributed by atoms with Crippen LogP contribution in [0.3, 0.4) is 0 Å². The number of halogens is 1. The first kappa shape index (κ1) is 18.0. The van der Waals surface area contributed by atoms with Crippen molar-refractivity contribution in [3.8, 4) is 11.3 Å². The number of anilines is 1. The minimum absolute atomic E-state index is 0.0670. The number of amides is 1. The Bertz CT molecular complexity index is 1020. The van der Waals surface area contributed by atoms with Crippen LogP contribution >= 0.6 is 22.9 Å². The minimum Gasteiger partial charge on any atom is -0.298 e. The number of nitro benzene ring substituents is 1. The molecule has 1 amide bonds. The molecule has 1 N–H and O–H groups in total. The first-order chi connectivity index (χ1) is 12.3. The predicted octanol–water partition coefficient (Wildman–Crippen LogP) is 5.24. The molecule has 0 spiro atoms. The smallest absolute Gasteiger partial charge is 0.283 e. The Labute approximate surface area is 158 Å². The van der Waals surface area contributed by atoms with E-state index in [2.05, 4.69) is 16.4 Å². The van der Waals surface area contributed by atoms with E-state index in [-0.39, 0.29) is 16.3 Å². The first-order valence-corrected chi connectivity index (χ1v) is 8.89. The van der Waals surface area contributed by atoms with E-state index in [9.17, 15) is 14.9 Å². The van der Waals surface area contributed by atoms with Crippen LogP contribution in [0.1, 0.15) is 21.5 Å². The average molecular weight is 388 g/mol. The Hall–Kier alpha value is -2.77. The van der Waals surface area contributed by atoms with Crippen molar-refractivity contribution in [1.29, 1.82) is 0 Å². The molecule has 0 radical (unpaired) electrons. The molecule has 8 heteroatoms. The van der Waals surface area contributed by atoms with Crippen molar-refractivity contribution in [1.82, 2.24) is 4.98 Å². The topological polar surface area (TPSA) is 85.1 Å². The van der Waals surface area contributed by atoms with Crippen LogP contribution in [-0.4, -0.2) is 15.8 Å². The highest BCUT2D eigenvalue weighted by Gasteiger charge is 2.21. The fraction of sp³-hybridized carbons (Fsp3) is 0.111. The molecular formula is C18H14ClN3O3S. The molecule has 0 aliphatic rings. The number of thiazole rings is 1.